The van der Waals surface area contributed by atoms with E-state index < -0.39 is 0 Å². The van der Waals surface area contributed by atoms with Crippen LogP contribution >= 0.6 is 0 Å². The molecule has 130 valence electrons. The van der Waals surface area contributed by atoms with E-state index in [1.165, 1.54) is 38.9 Å². The predicted molar refractivity (Wildman–Crippen MR) is 104 cm³/mol. The highest BCUT2D eigenvalue weighted by Crippen LogP contribution is 2.38. The Balaban J connectivity index is 1.89. The molecule has 0 amide bonds. The topological polar surface area (TPSA) is 37.0 Å². The summed E-state index contributed by atoms with van der Waals surface area (Å²) in [5, 5.41) is 5.06. The molecule has 2 aromatic carbocycles. The molecule has 1 unspecified atom stereocenters. The molecule has 0 fully saturated rings. The van der Waals surface area contributed by atoms with Crippen LogP contribution in [-0.4, -0.2) is 18.6 Å². The van der Waals surface area contributed by atoms with Gasteiger partial charge in [-0.3, -0.25) is 0 Å². The number of fused-ring (bicyclic) bond motifs is 3. The number of benzene rings is 2. The normalized spacial score (nSPS) is 17.1. The van der Waals surface area contributed by atoms with Crippen LogP contribution in [0.25, 0.3) is 10.9 Å². The lowest BCUT2D eigenvalue weighted by Gasteiger charge is -2.27. The van der Waals surface area contributed by atoms with Gasteiger partial charge in [-0.15, -0.1) is 0 Å². The van der Waals surface area contributed by atoms with Gasteiger partial charge in [0.2, 0.25) is 0 Å². The number of hydrogen-bond donors (Lipinski definition) is 2. The van der Waals surface area contributed by atoms with E-state index in [1.807, 2.05) is 0 Å². The van der Waals surface area contributed by atoms with Crippen LogP contribution in [0, 0.1) is 6.92 Å². The Kier molecular flexibility index (Phi) is 4.04. The molecular weight excluding hydrogens is 308 g/mol. The minimum atomic E-state index is 0.144. The number of aromatic nitrogens is 1. The molecule has 1 aromatic heterocycles. The van der Waals surface area contributed by atoms with E-state index in [-0.39, 0.29) is 6.04 Å². The summed E-state index contributed by atoms with van der Waals surface area (Å²) in [6, 6.07) is 13.4. The summed E-state index contributed by atoms with van der Waals surface area (Å²) >= 11 is 0. The Labute approximate surface area is 149 Å². The maximum absolute atomic E-state index is 5.69. The second-order valence-corrected chi connectivity index (χ2v) is 7.36. The Morgan fingerprint density at radius 1 is 1.12 bits per heavy atom. The molecule has 0 aliphatic carbocycles. The first-order valence-corrected chi connectivity index (χ1v) is 9.10. The van der Waals surface area contributed by atoms with Crippen LogP contribution in [0.5, 0.6) is 5.75 Å². The number of ether oxygens (including phenoxy) is 1. The van der Waals surface area contributed by atoms with Crippen LogP contribution < -0.4 is 10.1 Å². The highest BCUT2D eigenvalue weighted by molar-refractivity contribution is 5.86. The molecule has 4 rings (SSSR count). The summed E-state index contributed by atoms with van der Waals surface area (Å²) in [7, 11) is 1.76. The van der Waals surface area contributed by atoms with Crippen LogP contribution in [-0.2, 0) is 6.42 Å². The number of nitrogens with one attached hydrogen (secondary N) is 2. The fourth-order valence-electron chi connectivity index (χ4n) is 3.94. The average Bonchev–Trinajstić information content (AvgIpc) is 2.99. The summed E-state index contributed by atoms with van der Waals surface area (Å²) in [5.41, 5.74) is 7.83. The van der Waals surface area contributed by atoms with Crippen molar-refractivity contribution in [2.75, 3.05) is 13.7 Å². The molecule has 1 aliphatic heterocycles. The highest BCUT2D eigenvalue weighted by atomic mass is 16.5. The second-order valence-electron chi connectivity index (χ2n) is 7.36. The first-order valence-electron chi connectivity index (χ1n) is 9.10. The molecule has 0 radical (unpaired) electrons. The third kappa shape index (κ3) is 2.73. The number of aryl methyl sites for hydroxylation is 1. The lowest BCUT2D eigenvalue weighted by atomic mass is 9.91. The van der Waals surface area contributed by atoms with Gasteiger partial charge in [0.25, 0.3) is 0 Å². The van der Waals surface area contributed by atoms with Crippen molar-refractivity contribution in [2.24, 2.45) is 0 Å². The van der Waals surface area contributed by atoms with Gasteiger partial charge in [0.15, 0.2) is 0 Å². The molecule has 1 atom stereocenters. The Morgan fingerprint density at radius 2 is 1.96 bits per heavy atom. The molecule has 0 spiro atoms. The number of rotatable bonds is 3. The third-order valence-corrected chi connectivity index (χ3v) is 5.34. The predicted octanol–water partition coefficient (Wildman–Crippen LogP) is 4.84. The summed E-state index contributed by atoms with van der Waals surface area (Å²) in [6.07, 6.45) is 1.06. The fourth-order valence-corrected chi connectivity index (χ4v) is 3.94. The third-order valence-electron chi connectivity index (χ3n) is 5.34. The van der Waals surface area contributed by atoms with Crippen LogP contribution in [0.1, 0.15) is 53.8 Å². The molecule has 3 aromatic rings. The van der Waals surface area contributed by atoms with Crippen LogP contribution in [0.3, 0.4) is 0 Å². The van der Waals surface area contributed by atoms with Crippen molar-refractivity contribution in [3.63, 3.8) is 0 Å². The van der Waals surface area contributed by atoms with Gasteiger partial charge in [0, 0.05) is 28.7 Å². The van der Waals surface area contributed by atoms with Crippen molar-refractivity contribution in [2.45, 2.75) is 39.2 Å². The van der Waals surface area contributed by atoms with E-state index >= 15 is 0 Å². The lowest BCUT2D eigenvalue weighted by molar-refractivity contribution is 0.401. The van der Waals surface area contributed by atoms with Gasteiger partial charge in [0.1, 0.15) is 5.75 Å². The van der Waals surface area contributed by atoms with Crippen LogP contribution in [0.2, 0.25) is 0 Å². The molecule has 2 heterocycles. The van der Waals surface area contributed by atoms with Crippen molar-refractivity contribution in [1.82, 2.24) is 10.3 Å². The largest absolute Gasteiger partial charge is 0.496 e. The average molecular weight is 334 g/mol. The minimum absolute atomic E-state index is 0.144. The fraction of sp³-hybridized carbons (Fsp3) is 0.364. The molecule has 2 N–H and O–H groups in total. The van der Waals surface area contributed by atoms with Gasteiger partial charge >= 0.3 is 0 Å². The number of aromatic amines is 1. The Hall–Kier alpha value is -2.26. The van der Waals surface area contributed by atoms with Crippen LogP contribution in [0.15, 0.2) is 36.4 Å². The van der Waals surface area contributed by atoms with E-state index in [9.17, 15) is 0 Å². The zero-order valence-electron chi connectivity index (χ0n) is 15.4. The molecular formula is C22H26N2O. The maximum Gasteiger partial charge on any atom is 0.124 e. The Bertz CT molecular complexity index is 923. The summed E-state index contributed by atoms with van der Waals surface area (Å²) < 4.78 is 5.69. The first-order chi connectivity index (χ1) is 12.1. The maximum atomic E-state index is 5.69. The monoisotopic (exact) mass is 334 g/mol. The van der Waals surface area contributed by atoms with Gasteiger partial charge < -0.3 is 15.0 Å². The summed E-state index contributed by atoms with van der Waals surface area (Å²) in [6.45, 7) is 7.61. The van der Waals surface area contributed by atoms with E-state index in [2.05, 4.69) is 67.5 Å². The molecule has 3 nitrogen and oxygen atoms in total. The van der Waals surface area contributed by atoms with Gasteiger partial charge in [0.05, 0.1) is 13.2 Å². The minimum Gasteiger partial charge on any atom is -0.496 e. The zero-order chi connectivity index (χ0) is 17.6. The quantitative estimate of drug-likeness (QED) is 0.719. The lowest BCUT2D eigenvalue weighted by Crippen LogP contribution is -2.30. The standard InChI is InChI=1S/C22H26N2O/c1-13(2)15-6-8-20(25-4)18(12-15)21-22-16(9-10-23-21)17-11-14(3)5-7-19(17)24-22/h5-8,11-13,21,23-24H,9-10H2,1-4H3. The van der Waals surface area contributed by atoms with Gasteiger partial charge in [-0.05, 0) is 54.7 Å². The molecule has 0 bridgehead atoms. The molecule has 3 heteroatoms. The molecule has 0 saturated heterocycles. The molecule has 1 aliphatic rings. The van der Waals surface area contributed by atoms with Gasteiger partial charge in [-0.2, -0.15) is 0 Å². The second kappa shape index (κ2) is 6.23. The van der Waals surface area contributed by atoms with Gasteiger partial charge in [-0.25, -0.2) is 0 Å². The molecule has 25 heavy (non-hydrogen) atoms. The zero-order valence-corrected chi connectivity index (χ0v) is 15.4. The van der Waals surface area contributed by atoms with E-state index in [0.717, 1.165) is 18.7 Å². The Morgan fingerprint density at radius 3 is 2.72 bits per heavy atom. The van der Waals surface area contributed by atoms with E-state index in [4.69, 9.17) is 4.74 Å². The van der Waals surface area contributed by atoms with Crippen molar-refractivity contribution in [3.8, 4) is 5.75 Å². The van der Waals surface area contributed by atoms with Crippen molar-refractivity contribution in [3.05, 3.63) is 64.3 Å². The van der Waals surface area contributed by atoms with Crippen molar-refractivity contribution < 1.29 is 4.74 Å². The highest BCUT2D eigenvalue weighted by Gasteiger charge is 2.27. The smallest absolute Gasteiger partial charge is 0.124 e. The van der Waals surface area contributed by atoms with Gasteiger partial charge in [-0.1, -0.05) is 31.5 Å². The van der Waals surface area contributed by atoms with Crippen molar-refractivity contribution >= 4 is 10.9 Å². The number of hydrogen-bond acceptors (Lipinski definition) is 2. The summed E-state index contributed by atoms with van der Waals surface area (Å²) in [4.78, 5) is 3.67. The first kappa shape index (κ1) is 16.2. The van der Waals surface area contributed by atoms with Crippen molar-refractivity contribution in [1.29, 1.82) is 0 Å². The molecule has 0 saturated carbocycles. The number of methoxy groups -OCH3 is 1. The summed E-state index contributed by atoms with van der Waals surface area (Å²) in [5.74, 6) is 1.45. The number of H-pyrrole nitrogens is 1. The van der Waals surface area contributed by atoms with E-state index in [0.29, 0.717) is 5.92 Å². The van der Waals surface area contributed by atoms with Crippen LogP contribution in [0.4, 0.5) is 0 Å². The SMILES string of the molecule is COc1ccc(C(C)C)cc1C1NCCc2c1[nH]c1ccc(C)cc21. The van der Waals surface area contributed by atoms with E-state index in [1.54, 1.807) is 7.11 Å².